The maximum absolute atomic E-state index is 11.1. The van der Waals surface area contributed by atoms with Crippen LogP contribution in [-0.2, 0) is 0 Å². The van der Waals surface area contributed by atoms with Crippen molar-refractivity contribution < 1.29 is 4.74 Å². The van der Waals surface area contributed by atoms with Gasteiger partial charge in [0.1, 0.15) is 0 Å². The van der Waals surface area contributed by atoms with E-state index in [1.165, 1.54) is 0 Å². The molecule has 1 heterocycles. The Morgan fingerprint density at radius 3 is 3.08 bits per heavy atom. The van der Waals surface area contributed by atoms with Crippen LogP contribution in [0.1, 0.15) is 0 Å². The summed E-state index contributed by atoms with van der Waals surface area (Å²) in [6.45, 7) is 0. The fourth-order valence-electron chi connectivity index (χ4n) is 1.06. The number of rotatable bonds is 1. The van der Waals surface area contributed by atoms with Gasteiger partial charge in [-0.1, -0.05) is 0 Å². The van der Waals surface area contributed by atoms with Gasteiger partial charge in [-0.2, -0.15) is 0 Å². The molecule has 0 saturated carbocycles. The molecule has 1 aromatic heterocycles. The molecule has 1 N–H and O–H groups in total. The van der Waals surface area contributed by atoms with Crippen molar-refractivity contribution in [3.63, 3.8) is 0 Å². The Kier molecular flexibility index (Phi) is 1.79. The number of ether oxygens (including phenoxy) is 1. The zero-order valence-electron chi connectivity index (χ0n) is 6.46. The number of fused-ring (bicyclic) bond motifs is 1. The summed E-state index contributed by atoms with van der Waals surface area (Å²) >= 11 is 0.0843. The van der Waals surface area contributed by atoms with Crippen LogP contribution in [0.5, 0.6) is 5.75 Å². The van der Waals surface area contributed by atoms with E-state index in [2.05, 4.69) is 3.98 Å². The Balaban J connectivity index is 2.77. The molecule has 0 radical (unpaired) electrons. The first-order chi connectivity index (χ1) is 5.81. The van der Waals surface area contributed by atoms with Gasteiger partial charge in [-0.05, 0) is 0 Å². The van der Waals surface area contributed by atoms with Crippen LogP contribution in [0.2, 0.25) is 0 Å². The quantitative estimate of drug-likeness (QED) is 0.726. The van der Waals surface area contributed by atoms with Crippen LogP contribution in [0.4, 0.5) is 0 Å². The second-order valence-corrected chi connectivity index (χ2v) is 4.17. The van der Waals surface area contributed by atoms with Gasteiger partial charge in [-0.3, -0.25) is 0 Å². The van der Waals surface area contributed by atoms with Gasteiger partial charge >= 0.3 is 74.5 Å². The first kappa shape index (κ1) is 7.65. The first-order valence-corrected chi connectivity index (χ1v) is 5.18. The van der Waals surface area contributed by atoms with Gasteiger partial charge in [0.25, 0.3) is 0 Å². The Labute approximate surface area is 75.0 Å². The van der Waals surface area contributed by atoms with Crippen LogP contribution < -0.4 is 10.3 Å². The predicted molar refractivity (Wildman–Crippen MR) is 48.1 cm³/mol. The number of H-pyrrole nitrogens is 1. The van der Waals surface area contributed by atoms with Gasteiger partial charge in [0.15, 0.2) is 0 Å². The molecule has 2 rings (SSSR count). The first-order valence-electron chi connectivity index (χ1n) is 3.46. The summed E-state index contributed by atoms with van der Waals surface area (Å²) in [7, 11) is 1.62. The van der Waals surface area contributed by atoms with Crippen LogP contribution >= 0.6 is 0 Å². The van der Waals surface area contributed by atoms with Crippen molar-refractivity contribution in [3.8, 4) is 5.75 Å². The molecule has 2 aromatic rings. The number of hydrogen-bond donors (Lipinski definition) is 1. The molecule has 0 amide bonds. The van der Waals surface area contributed by atoms with Crippen LogP contribution in [-0.4, -0.2) is 25.8 Å². The fourth-order valence-corrected chi connectivity index (χ4v) is 2.65. The zero-order valence-corrected chi connectivity index (χ0v) is 8.17. The average Bonchev–Trinajstić information content (AvgIpc) is 2.47. The Morgan fingerprint density at radius 1 is 1.50 bits per heavy atom. The van der Waals surface area contributed by atoms with Gasteiger partial charge in [0, 0.05) is 0 Å². The van der Waals surface area contributed by atoms with Crippen molar-refractivity contribution in [2.24, 2.45) is 0 Å². The van der Waals surface area contributed by atoms with Crippen molar-refractivity contribution in [2.45, 2.75) is 0 Å². The molecule has 0 saturated heterocycles. The zero-order chi connectivity index (χ0) is 8.55. The van der Waals surface area contributed by atoms with Crippen molar-refractivity contribution >= 4 is 24.4 Å². The molecule has 12 heavy (non-hydrogen) atoms. The minimum absolute atomic E-state index is 0.0349. The molecule has 3 nitrogen and oxygen atoms in total. The molecule has 0 spiro atoms. The van der Waals surface area contributed by atoms with Crippen molar-refractivity contribution in [3.05, 3.63) is 28.6 Å². The van der Waals surface area contributed by atoms with Gasteiger partial charge in [0.05, 0.1) is 0 Å². The standard InChI is InChI=1S/C8H7NO2Se/c1-11-5-2-3-6-7(4-5)12-9-8(6)10/h2-4H,1H3,(H,9,10). The van der Waals surface area contributed by atoms with E-state index in [-0.39, 0.29) is 20.3 Å². The molecule has 0 atom stereocenters. The van der Waals surface area contributed by atoms with Crippen LogP contribution in [0.3, 0.4) is 0 Å². The maximum atomic E-state index is 11.1. The molecule has 0 aliphatic heterocycles. The Morgan fingerprint density at radius 2 is 2.33 bits per heavy atom. The molecule has 0 bridgehead atoms. The third-order valence-corrected chi connectivity index (χ3v) is 3.46. The Bertz CT molecular complexity index is 457. The number of benzene rings is 1. The number of nitrogens with one attached hydrogen (secondary N) is 1. The van der Waals surface area contributed by atoms with Gasteiger partial charge < -0.3 is 0 Å². The summed E-state index contributed by atoms with van der Waals surface area (Å²) in [6.07, 6.45) is 0. The molecule has 4 heteroatoms. The molecule has 1 aromatic carbocycles. The van der Waals surface area contributed by atoms with E-state index >= 15 is 0 Å². The summed E-state index contributed by atoms with van der Waals surface area (Å²) in [4.78, 5) is 11.1. The molecule has 62 valence electrons. The van der Waals surface area contributed by atoms with E-state index in [9.17, 15) is 4.79 Å². The van der Waals surface area contributed by atoms with Crippen molar-refractivity contribution in [1.29, 1.82) is 0 Å². The number of aromatic amines is 1. The van der Waals surface area contributed by atoms with Gasteiger partial charge in [-0.15, -0.1) is 0 Å². The summed E-state index contributed by atoms with van der Waals surface area (Å²) < 4.78 is 8.93. The molecule has 0 unspecified atom stereocenters. The average molecular weight is 228 g/mol. The molecular weight excluding hydrogens is 221 g/mol. The normalized spacial score (nSPS) is 10.4. The monoisotopic (exact) mass is 229 g/mol. The predicted octanol–water partition coefficient (Wildman–Crippen LogP) is 0.594. The topological polar surface area (TPSA) is 42.1 Å². The van der Waals surface area contributed by atoms with E-state index < -0.39 is 0 Å². The van der Waals surface area contributed by atoms with Crippen LogP contribution in [0.25, 0.3) is 9.65 Å². The Hall–Kier alpha value is -0.991. The second-order valence-electron chi connectivity index (χ2n) is 2.40. The summed E-state index contributed by atoms with van der Waals surface area (Å²) in [5.41, 5.74) is 0.0349. The third kappa shape index (κ3) is 1.09. The summed E-state index contributed by atoms with van der Waals surface area (Å²) in [5.74, 6) is 0.812. The summed E-state index contributed by atoms with van der Waals surface area (Å²) in [6, 6.07) is 5.52. The third-order valence-electron chi connectivity index (χ3n) is 1.69. The van der Waals surface area contributed by atoms with Gasteiger partial charge in [-0.25, -0.2) is 0 Å². The van der Waals surface area contributed by atoms with E-state index in [4.69, 9.17) is 4.74 Å². The second kappa shape index (κ2) is 2.81. The van der Waals surface area contributed by atoms with Crippen LogP contribution in [0.15, 0.2) is 23.0 Å². The van der Waals surface area contributed by atoms with Crippen molar-refractivity contribution in [1.82, 2.24) is 3.98 Å². The van der Waals surface area contributed by atoms with Crippen LogP contribution in [0, 0.1) is 0 Å². The fraction of sp³-hybridized carbons (Fsp3) is 0.125. The molecular formula is C8H7NO2Se. The molecule has 0 fully saturated rings. The number of methoxy groups -OCH3 is 1. The summed E-state index contributed by atoms with van der Waals surface area (Å²) in [5, 5.41) is 0.788. The molecule has 0 aliphatic rings. The molecule has 0 aliphatic carbocycles. The minimum atomic E-state index is 0.0349. The van der Waals surface area contributed by atoms with E-state index in [1.54, 1.807) is 19.2 Å². The van der Waals surface area contributed by atoms with Crippen molar-refractivity contribution in [2.75, 3.05) is 7.11 Å². The van der Waals surface area contributed by atoms with E-state index in [0.717, 1.165) is 15.4 Å². The van der Waals surface area contributed by atoms with Gasteiger partial charge in [0.2, 0.25) is 0 Å². The number of hydrogen-bond acceptors (Lipinski definition) is 2. The van der Waals surface area contributed by atoms with E-state index in [0.29, 0.717) is 0 Å². The number of aromatic nitrogens is 1. The van der Waals surface area contributed by atoms with E-state index in [1.807, 2.05) is 6.07 Å². The SMILES string of the molecule is COc1ccc2c(=O)[nH][se]c2c1.